The molecule has 1 amide bonds. The minimum absolute atomic E-state index is 0.0581. The van der Waals surface area contributed by atoms with Gasteiger partial charge in [-0.2, -0.15) is 0 Å². The average molecular weight is 782 g/mol. The molecule has 3 unspecified atom stereocenters. The Morgan fingerprint density at radius 1 is 0.630 bits per heavy atom. The Morgan fingerprint density at radius 3 is 1.54 bits per heavy atom. The number of nitrogens with one attached hydrogen (secondary N) is 1. The number of phosphoric ester groups is 1. The summed E-state index contributed by atoms with van der Waals surface area (Å²) in [6, 6.07) is -0.849. The van der Waals surface area contributed by atoms with E-state index in [1.54, 1.807) is 6.08 Å². The highest BCUT2D eigenvalue weighted by Gasteiger charge is 2.27. The number of nitrogens with zero attached hydrogens (tertiary/aromatic N) is 1. The molecule has 0 aromatic rings. The molecule has 8 nitrogen and oxygen atoms in total. The van der Waals surface area contributed by atoms with Gasteiger partial charge in [-0.25, -0.2) is 4.57 Å². The van der Waals surface area contributed by atoms with Gasteiger partial charge in [0.2, 0.25) is 5.91 Å². The Bertz CT molecular complexity index is 1020. The van der Waals surface area contributed by atoms with Gasteiger partial charge in [0.25, 0.3) is 0 Å². The molecule has 3 N–H and O–H groups in total. The van der Waals surface area contributed by atoms with Crippen LogP contribution in [0.3, 0.4) is 0 Å². The SMILES string of the molecule is CCCCCCC/C=C\C/C=C\C/C=C\CCCCCCCCCCC(=O)NC(COP(=O)(O)OCC[N+](C)(C)C)C(O)/C=C/CCCCCCCCC. The Labute approximate surface area is 333 Å². The van der Waals surface area contributed by atoms with Gasteiger partial charge in [-0.3, -0.25) is 13.8 Å². The zero-order chi connectivity index (χ0) is 40.0. The van der Waals surface area contributed by atoms with Crippen molar-refractivity contribution in [3.05, 3.63) is 48.6 Å². The van der Waals surface area contributed by atoms with Gasteiger partial charge in [0.05, 0.1) is 39.9 Å². The summed E-state index contributed by atoms with van der Waals surface area (Å²) in [6.07, 6.45) is 46.1. The summed E-state index contributed by atoms with van der Waals surface area (Å²) in [7, 11) is 1.56. The standard InChI is InChI=1S/C45H85N2O6P/c1-6-8-10-12-14-16-17-18-19-20-21-22-23-24-25-26-27-28-29-31-33-35-37-39-45(49)46-43(42-53-54(50,51)52-41-40-47(3,4)5)44(48)38-36-34-32-30-15-13-11-9-7-2/h17-18,20-21,23-24,36,38,43-44,48H,6-16,19,22,25-35,37,39-42H2,1-5H3,(H-,46,49,50,51)/p+1/b18-17-,21-20-,24-23-,38-36+. The molecule has 0 aliphatic heterocycles. The fraction of sp³-hybridized carbons (Fsp3) is 0.800. The van der Waals surface area contributed by atoms with Crippen molar-refractivity contribution < 1.29 is 32.9 Å². The van der Waals surface area contributed by atoms with Gasteiger partial charge in [0, 0.05) is 6.42 Å². The van der Waals surface area contributed by atoms with Crippen LogP contribution in [0.15, 0.2) is 48.6 Å². The molecule has 0 aliphatic carbocycles. The number of allylic oxidation sites excluding steroid dienone is 7. The molecular weight excluding hydrogens is 695 g/mol. The molecule has 9 heteroatoms. The monoisotopic (exact) mass is 782 g/mol. The van der Waals surface area contributed by atoms with E-state index in [9.17, 15) is 19.4 Å². The van der Waals surface area contributed by atoms with E-state index in [4.69, 9.17) is 9.05 Å². The maximum absolute atomic E-state index is 12.8. The third-order valence-corrected chi connectivity index (χ3v) is 10.5. The van der Waals surface area contributed by atoms with Crippen molar-refractivity contribution in [3.8, 4) is 0 Å². The average Bonchev–Trinajstić information content (AvgIpc) is 3.12. The lowest BCUT2D eigenvalue weighted by Gasteiger charge is -2.25. The second-order valence-electron chi connectivity index (χ2n) is 16.1. The molecule has 0 aromatic carbocycles. The van der Waals surface area contributed by atoms with Crippen LogP contribution in [0.4, 0.5) is 0 Å². The fourth-order valence-electron chi connectivity index (χ4n) is 5.99. The van der Waals surface area contributed by atoms with E-state index in [1.807, 2.05) is 27.2 Å². The molecule has 0 spiro atoms. The van der Waals surface area contributed by atoms with Crippen molar-refractivity contribution in [2.75, 3.05) is 40.9 Å². The molecule has 0 heterocycles. The first-order valence-electron chi connectivity index (χ1n) is 22.0. The largest absolute Gasteiger partial charge is 0.472 e. The van der Waals surface area contributed by atoms with E-state index >= 15 is 0 Å². The number of unbranched alkanes of at least 4 members (excludes halogenated alkanes) is 20. The number of quaternary nitrogens is 1. The van der Waals surface area contributed by atoms with Crippen LogP contribution in [0.25, 0.3) is 0 Å². The predicted octanol–water partition coefficient (Wildman–Crippen LogP) is 12.1. The topological polar surface area (TPSA) is 105 Å². The van der Waals surface area contributed by atoms with Gasteiger partial charge >= 0.3 is 7.82 Å². The number of aliphatic hydroxyl groups excluding tert-OH is 1. The number of amides is 1. The predicted molar refractivity (Wildman–Crippen MR) is 231 cm³/mol. The molecule has 0 aliphatic rings. The summed E-state index contributed by atoms with van der Waals surface area (Å²) in [4.78, 5) is 23.0. The van der Waals surface area contributed by atoms with Gasteiger partial charge in [0.1, 0.15) is 13.2 Å². The van der Waals surface area contributed by atoms with Crippen molar-refractivity contribution in [3.63, 3.8) is 0 Å². The minimum atomic E-state index is -4.33. The third kappa shape index (κ3) is 38.7. The summed E-state index contributed by atoms with van der Waals surface area (Å²) >= 11 is 0. The number of carbonyl (C=O) groups excluding carboxylic acids is 1. The number of aliphatic hydroxyl groups is 1. The van der Waals surface area contributed by atoms with Crippen molar-refractivity contribution in [1.82, 2.24) is 5.32 Å². The Kier molecular flexibility index (Phi) is 36.0. The van der Waals surface area contributed by atoms with Crippen LogP contribution in [-0.4, -0.2) is 73.4 Å². The Morgan fingerprint density at radius 2 is 1.06 bits per heavy atom. The molecular formula is C45H86N2O6P+. The normalized spacial score (nSPS) is 14.9. The number of rotatable bonds is 39. The zero-order valence-corrected chi connectivity index (χ0v) is 36.6. The molecule has 0 radical (unpaired) electrons. The number of hydrogen-bond donors (Lipinski definition) is 3. The third-order valence-electron chi connectivity index (χ3n) is 9.54. The van der Waals surface area contributed by atoms with E-state index in [1.165, 1.54) is 103 Å². The van der Waals surface area contributed by atoms with E-state index in [-0.39, 0.29) is 19.1 Å². The van der Waals surface area contributed by atoms with E-state index in [2.05, 4.69) is 55.6 Å². The molecule has 54 heavy (non-hydrogen) atoms. The second-order valence-corrected chi connectivity index (χ2v) is 17.5. The van der Waals surface area contributed by atoms with Crippen LogP contribution in [0.1, 0.15) is 181 Å². The van der Waals surface area contributed by atoms with E-state index in [0.29, 0.717) is 17.4 Å². The van der Waals surface area contributed by atoms with Crippen LogP contribution in [-0.2, 0) is 18.4 Å². The first kappa shape index (κ1) is 52.5. The van der Waals surface area contributed by atoms with Crippen LogP contribution in [0.2, 0.25) is 0 Å². The molecule has 0 rings (SSSR count). The first-order valence-corrected chi connectivity index (χ1v) is 23.5. The number of hydrogen-bond acceptors (Lipinski definition) is 5. The lowest BCUT2D eigenvalue weighted by atomic mass is 10.1. The summed E-state index contributed by atoms with van der Waals surface area (Å²) in [6.45, 7) is 4.75. The lowest BCUT2D eigenvalue weighted by molar-refractivity contribution is -0.870. The lowest BCUT2D eigenvalue weighted by Crippen LogP contribution is -2.45. The molecule has 316 valence electrons. The van der Waals surface area contributed by atoms with Crippen LogP contribution >= 0.6 is 7.82 Å². The molecule has 0 bridgehead atoms. The van der Waals surface area contributed by atoms with Crippen LogP contribution in [0.5, 0.6) is 0 Å². The minimum Gasteiger partial charge on any atom is -0.387 e. The highest BCUT2D eigenvalue weighted by Crippen LogP contribution is 2.43. The smallest absolute Gasteiger partial charge is 0.387 e. The quantitative estimate of drug-likeness (QED) is 0.0248. The summed E-state index contributed by atoms with van der Waals surface area (Å²) in [5.41, 5.74) is 0. The van der Waals surface area contributed by atoms with Gasteiger partial charge in [-0.15, -0.1) is 0 Å². The fourth-order valence-corrected chi connectivity index (χ4v) is 6.72. The number of likely N-dealkylation sites (N-methyl/N-ethyl adjacent to an activating group) is 1. The van der Waals surface area contributed by atoms with Gasteiger partial charge in [0.15, 0.2) is 0 Å². The summed E-state index contributed by atoms with van der Waals surface area (Å²) in [5, 5.41) is 13.7. The summed E-state index contributed by atoms with van der Waals surface area (Å²) < 4.78 is 23.5. The molecule has 0 saturated heterocycles. The van der Waals surface area contributed by atoms with E-state index in [0.717, 1.165) is 57.8 Å². The summed E-state index contributed by atoms with van der Waals surface area (Å²) in [5.74, 6) is -0.189. The van der Waals surface area contributed by atoms with Crippen LogP contribution in [0, 0.1) is 0 Å². The number of phosphoric acid groups is 1. The highest BCUT2D eigenvalue weighted by molar-refractivity contribution is 7.47. The Balaban J connectivity index is 4.28. The molecule has 3 atom stereocenters. The highest BCUT2D eigenvalue weighted by atomic mass is 31.2. The molecule has 0 saturated carbocycles. The zero-order valence-electron chi connectivity index (χ0n) is 35.7. The maximum atomic E-state index is 12.8. The van der Waals surface area contributed by atoms with Gasteiger partial charge in [-0.05, 0) is 57.8 Å². The second kappa shape index (κ2) is 37.1. The first-order chi connectivity index (χ1) is 26.0. The van der Waals surface area contributed by atoms with Crippen molar-refractivity contribution in [2.24, 2.45) is 0 Å². The van der Waals surface area contributed by atoms with E-state index < -0.39 is 20.0 Å². The Hall–Kier alpha value is -1.54. The van der Waals surface area contributed by atoms with Crippen molar-refractivity contribution in [2.45, 2.75) is 193 Å². The molecule has 0 aromatic heterocycles. The maximum Gasteiger partial charge on any atom is 0.472 e. The van der Waals surface area contributed by atoms with Gasteiger partial charge < -0.3 is 19.8 Å². The van der Waals surface area contributed by atoms with Crippen molar-refractivity contribution in [1.29, 1.82) is 0 Å². The number of carbonyl (C=O) groups is 1. The molecule has 0 fully saturated rings. The van der Waals surface area contributed by atoms with Crippen LogP contribution < -0.4 is 5.32 Å². The van der Waals surface area contributed by atoms with Gasteiger partial charge in [-0.1, -0.05) is 165 Å². The van der Waals surface area contributed by atoms with Crippen molar-refractivity contribution >= 4 is 13.7 Å².